The molecule has 0 spiro atoms. The van der Waals surface area contributed by atoms with E-state index in [1.807, 2.05) is 6.92 Å². The van der Waals surface area contributed by atoms with Crippen LogP contribution in [0.3, 0.4) is 0 Å². The van der Waals surface area contributed by atoms with E-state index in [9.17, 15) is 8.42 Å². The van der Waals surface area contributed by atoms with Crippen molar-refractivity contribution in [2.45, 2.75) is 13.3 Å². The Morgan fingerprint density at radius 3 is 2.12 bits per heavy atom. The van der Waals surface area contributed by atoms with Crippen LogP contribution in [-0.4, -0.2) is 67.8 Å². The third kappa shape index (κ3) is 6.64. The lowest BCUT2D eigenvalue weighted by atomic mass is 10.3. The normalized spacial score (nSPS) is 18.7. The average Bonchev–Trinajstić information content (AvgIpc) is 2.27. The van der Waals surface area contributed by atoms with Crippen molar-refractivity contribution >= 4 is 10.1 Å². The molecule has 0 aliphatic carbocycles. The highest BCUT2D eigenvalue weighted by Crippen LogP contribution is 2.02. The molecule has 0 aromatic heterocycles. The Morgan fingerprint density at radius 2 is 1.65 bits per heavy atom. The van der Waals surface area contributed by atoms with Gasteiger partial charge in [-0.1, -0.05) is 0 Å². The van der Waals surface area contributed by atoms with Gasteiger partial charge in [-0.25, -0.2) is 0 Å². The highest BCUT2D eigenvalue weighted by atomic mass is 32.2. The first-order valence-corrected chi connectivity index (χ1v) is 7.41. The van der Waals surface area contributed by atoms with Gasteiger partial charge >= 0.3 is 0 Å². The first kappa shape index (κ1) is 14.5. The van der Waals surface area contributed by atoms with E-state index in [2.05, 4.69) is 21.6 Å². The van der Waals surface area contributed by atoms with Crippen molar-refractivity contribution < 1.29 is 13.0 Å². The Labute approximate surface area is 104 Å². The van der Waals surface area contributed by atoms with Crippen molar-refractivity contribution in [1.29, 1.82) is 0 Å². The first-order chi connectivity index (χ1) is 8.01. The van der Waals surface area contributed by atoms with E-state index in [0.29, 0.717) is 6.54 Å². The molecule has 1 fully saturated rings. The fourth-order valence-electron chi connectivity index (χ4n) is 1.82. The molecule has 1 aliphatic heterocycles. The lowest BCUT2D eigenvalue weighted by molar-refractivity contribution is 0.140. The van der Waals surface area contributed by atoms with Gasteiger partial charge in [0.15, 0.2) is 0 Å². The van der Waals surface area contributed by atoms with Crippen LogP contribution in [0.15, 0.2) is 0 Å². The summed E-state index contributed by atoms with van der Waals surface area (Å²) >= 11 is 0. The van der Waals surface area contributed by atoms with Gasteiger partial charge in [0.2, 0.25) is 0 Å². The van der Waals surface area contributed by atoms with Gasteiger partial charge in [0.05, 0.1) is 5.75 Å². The summed E-state index contributed by atoms with van der Waals surface area (Å²) in [7, 11) is -3.83. The molecule has 0 unspecified atom stereocenters. The van der Waals surface area contributed by atoms with Gasteiger partial charge in [0.25, 0.3) is 10.1 Å². The second kappa shape index (κ2) is 6.97. The lowest BCUT2D eigenvalue weighted by Crippen LogP contribution is -2.47. The molecule has 1 saturated heterocycles. The van der Waals surface area contributed by atoms with Gasteiger partial charge in [0, 0.05) is 45.7 Å². The van der Waals surface area contributed by atoms with Crippen molar-refractivity contribution in [1.82, 2.24) is 9.80 Å². The standard InChI is InChI=1S/C11H20N2O3S/c1-2-3-4-5-12-6-8-13(9-7-12)10-11-17(14,15)16/h4-11H2,1H3,(H,14,15,16). The second-order valence-corrected chi connectivity index (χ2v) is 5.72. The largest absolute Gasteiger partial charge is 0.300 e. The second-order valence-electron chi connectivity index (χ2n) is 4.15. The molecule has 0 saturated carbocycles. The molecule has 1 aliphatic rings. The van der Waals surface area contributed by atoms with E-state index in [0.717, 1.165) is 39.1 Å². The minimum atomic E-state index is -3.83. The zero-order chi connectivity index (χ0) is 12.7. The van der Waals surface area contributed by atoms with Crippen LogP contribution in [0, 0.1) is 11.8 Å². The van der Waals surface area contributed by atoms with Crippen LogP contribution in [0.25, 0.3) is 0 Å². The summed E-state index contributed by atoms with van der Waals surface area (Å²) in [6.45, 7) is 6.83. The minimum absolute atomic E-state index is 0.172. The SMILES string of the molecule is CC#CCCN1CCN(CCS(=O)(=O)O)CC1. The predicted octanol–water partition coefficient (Wildman–Crippen LogP) is -0.0948. The Bertz CT molecular complexity index is 375. The van der Waals surface area contributed by atoms with Gasteiger partial charge in [0.1, 0.15) is 0 Å². The monoisotopic (exact) mass is 260 g/mol. The maximum Gasteiger partial charge on any atom is 0.266 e. The lowest BCUT2D eigenvalue weighted by Gasteiger charge is -2.34. The van der Waals surface area contributed by atoms with Crippen LogP contribution in [0.1, 0.15) is 13.3 Å². The zero-order valence-corrected chi connectivity index (χ0v) is 11.0. The van der Waals surface area contributed by atoms with Gasteiger partial charge in [-0.15, -0.1) is 11.8 Å². The molecular weight excluding hydrogens is 240 g/mol. The van der Waals surface area contributed by atoms with Crippen molar-refractivity contribution in [3.8, 4) is 11.8 Å². The summed E-state index contributed by atoms with van der Waals surface area (Å²) < 4.78 is 29.9. The first-order valence-electron chi connectivity index (χ1n) is 5.81. The van der Waals surface area contributed by atoms with E-state index in [1.165, 1.54) is 0 Å². The van der Waals surface area contributed by atoms with E-state index < -0.39 is 10.1 Å². The Hall–Kier alpha value is -0.610. The topological polar surface area (TPSA) is 60.9 Å². The molecule has 98 valence electrons. The molecule has 6 heteroatoms. The molecule has 17 heavy (non-hydrogen) atoms. The van der Waals surface area contributed by atoms with Crippen LogP contribution < -0.4 is 0 Å². The third-order valence-corrected chi connectivity index (χ3v) is 3.56. The van der Waals surface area contributed by atoms with E-state index in [1.54, 1.807) is 0 Å². The van der Waals surface area contributed by atoms with Gasteiger partial charge in [-0.3, -0.25) is 14.4 Å². The van der Waals surface area contributed by atoms with Crippen LogP contribution >= 0.6 is 0 Å². The summed E-state index contributed by atoms with van der Waals surface area (Å²) in [5, 5.41) is 0. The molecule has 0 radical (unpaired) electrons. The Kier molecular flexibility index (Phi) is 5.92. The Balaban J connectivity index is 2.18. The summed E-state index contributed by atoms with van der Waals surface area (Å²) in [6, 6.07) is 0. The van der Waals surface area contributed by atoms with Crippen molar-refractivity contribution in [2.75, 3.05) is 45.0 Å². The van der Waals surface area contributed by atoms with Crippen molar-refractivity contribution in [3.05, 3.63) is 0 Å². The Morgan fingerprint density at radius 1 is 1.12 bits per heavy atom. The van der Waals surface area contributed by atoms with Crippen molar-refractivity contribution in [2.24, 2.45) is 0 Å². The zero-order valence-electron chi connectivity index (χ0n) is 10.2. The van der Waals surface area contributed by atoms with Crippen molar-refractivity contribution in [3.63, 3.8) is 0 Å². The summed E-state index contributed by atoms with van der Waals surface area (Å²) in [4.78, 5) is 4.39. The summed E-state index contributed by atoms with van der Waals surface area (Å²) in [6.07, 6.45) is 0.890. The molecule has 0 bridgehead atoms. The molecule has 0 aromatic carbocycles. The quantitative estimate of drug-likeness (QED) is 0.553. The highest BCUT2D eigenvalue weighted by molar-refractivity contribution is 7.85. The van der Waals surface area contributed by atoms with E-state index in [4.69, 9.17) is 4.55 Å². The summed E-state index contributed by atoms with van der Waals surface area (Å²) in [5.74, 6) is 5.73. The molecule has 0 aromatic rings. The molecule has 0 atom stereocenters. The molecule has 1 N–H and O–H groups in total. The third-order valence-electron chi connectivity index (χ3n) is 2.86. The number of rotatable bonds is 5. The fraction of sp³-hybridized carbons (Fsp3) is 0.818. The fourth-order valence-corrected chi connectivity index (χ4v) is 2.31. The predicted molar refractivity (Wildman–Crippen MR) is 67.4 cm³/mol. The van der Waals surface area contributed by atoms with Gasteiger partial charge < -0.3 is 0 Å². The number of hydrogen-bond donors (Lipinski definition) is 1. The van der Waals surface area contributed by atoms with E-state index in [-0.39, 0.29) is 5.75 Å². The highest BCUT2D eigenvalue weighted by Gasteiger charge is 2.17. The maximum atomic E-state index is 10.6. The van der Waals surface area contributed by atoms with Gasteiger partial charge in [-0.05, 0) is 6.92 Å². The molecule has 1 rings (SSSR count). The molecule has 0 amide bonds. The average molecular weight is 260 g/mol. The number of piperazine rings is 1. The number of hydrogen-bond acceptors (Lipinski definition) is 4. The van der Waals surface area contributed by atoms with Crippen LogP contribution in [0.4, 0.5) is 0 Å². The maximum absolute atomic E-state index is 10.6. The van der Waals surface area contributed by atoms with Gasteiger partial charge in [-0.2, -0.15) is 8.42 Å². The van der Waals surface area contributed by atoms with Crippen LogP contribution in [0.5, 0.6) is 0 Å². The molecule has 1 heterocycles. The smallest absolute Gasteiger partial charge is 0.266 e. The minimum Gasteiger partial charge on any atom is -0.300 e. The van der Waals surface area contributed by atoms with E-state index >= 15 is 0 Å². The molecular formula is C11H20N2O3S. The number of nitrogens with zero attached hydrogens (tertiary/aromatic N) is 2. The summed E-state index contributed by atoms with van der Waals surface area (Å²) in [5.41, 5.74) is 0. The van der Waals surface area contributed by atoms with Crippen LogP contribution in [0.2, 0.25) is 0 Å². The van der Waals surface area contributed by atoms with Crippen LogP contribution in [-0.2, 0) is 10.1 Å². The molecule has 5 nitrogen and oxygen atoms in total.